The molecule has 1 atom stereocenters. The second-order valence-electron chi connectivity index (χ2n) is 7.48. The van der Waals surface area contributed by atoms with Gasteiger partial charge < -0.3 is 13.9 Å². The van der Waals surface area contributed by atoms with Crippen LogP contribution in [0.15, 0.2) is 65.1 Å². The van der Waals surface area contributed by atoms with Gasteiger partial charge >= 0.3 is 0 Å². The van der Waals surface area contributed by atoms with Crippen molar-refractivity contribution in [2.75, 3.05) is 13.2 Å². The summed E-state index contributed by atoms with van der Waals surface area (Å²) in [5, 5.41) is 0. The summed E-state index contributed by atoms with van der Waals surface area (Å²) in [5.41, 5.74) is 4.40. The Morgan fingerprint density at radius 3 is 2.50 bits per heavy atom. The number of carbonyl (C=O) groups is 1. The molecule has 3 aromatic rings. The number of ether oxygens (including phenoxy) is 2. The topological polar surface area (TPSA) is 48.7 Å². The van der Waals surface area contributed by atoms with Crippen LogP contribution in [0.5, 0.6) is 0 Å². The first kappa shape index (κ1) is 25.6. The van der Waals surface area contributed by atoms with E-state index in [-0.39, 0.29) is 6.10 Å². The van der Waals surface area contributed by atoms with Gasteiger partial charge in [-0.3, -0.25) is 4.79 Å². The molecule has 0 fully saturated rings. The third-order valence-corrected chi connectivity index (χ3v) is 5.05. The predicted molar refractivity (Wildman–Crippen MR) is 130 cm³/mol. The molecule has 0 unspecified atom stereocenters. The number of carbonyl (C=O) groups excluding carboxylic acids is 1. The molecule has 0 amide bonds. The van der Waals surface area contributed by atoms with Crippen LogP contribution in [-0.4, -0.2) is 25.6 Å². The first-order valence-electron chi connectivity index (χ1n) is 11.6. The highest BCUT2D eigenvalue weighted by Crippen LogP contribution is 2.28. The summed E-state index contributed by atoms with van der Waals surface area (Å²) in [6, 6.07) is 20.2. The molecular weight excluding hydrogens is 400 g/mol. The minimum Gasteiger partial charge on any atom is -0.458 e. The van der Waals surface area contributed by atoms with Gasteiger partial charge in [0.2, 0.25) is 0 Å². The predicted octanol–water partition coefficient (Wildman–Crippen LogP) is 7.04. The second-order valence-corrected chi connectivity index (χ2v) is 7.48. The summed E-state index contributed by atoms with van der Waals surface area (Å²) in [5.74, 6) is 1.20. The van der Waals surface area contributed by atoms with Crippen molar-refractivity contribution in [1.82, 2.24) is 0 Å². The van der Waals surface area contributed by atoms with Crippen molar-refractivity contribution in [3.8, 4) is 11.1 Å². The molecule has 32 heavy (non-hydrogen) atoms. The van der Waals surface area contributed by atoms with Crippen molar-refractivity contribution in [3.05, 3.63) is 83.3 Å². The first-order chi connectivity index (χ1) is 15.7. The van der Waals surface area contributed by atoms with Gasteiger partial charge in [0.25, 0.3) is 0 Å². The third kappa shape index (κ3) is 8.10. The van der Waals surface area contributed by atoms with Crippen LogP contribution in [0.3, 0.4) is 0 Å². The average molecular weight is 437 g/mol. The molecule has 0 bridgehead atoms. The van der Waals surface area contributed by atoms with Crippen LogP contribution in [0.1, 0.15) is 61.1 Å². The van der Waals surface area contributed by atoms with E-state index in [4.69, 9.17) is 13.9 Å². The lowest BCUT2D eigenvalue weighted by molar-refractivity contribution is -0.0267. The smallest absolute Gasteiger partial charge is 0.185 e. The Balaban J connectivity index is 0.00000176. The molecule has 4 heteroatoms. The van der Waals surface area contributed by atoms with Gasteiger partial charge in [0.1, 0.15) is 5.76 Å². The zero-order valence-corrected chi connectivity index (χ0v) is 19.8. The Hall–Kier alpha value is -2.69. The fourth-order valence-corrected chi connectivity index (χ4v) is 3.37. The van der Waals surface area contributed by atoms with E-state index in [1.165, 1.54) is 11.1 Å². The monoisotopic (exact) mass is 436 g/mol. The van der Waals surface area contributed by atoms with Crippen LogP contribution in [-0.2, 0) is 22.5 Å². The Morgan fingerprint density at radius 1 is 1.03 bits per heavy atom. The van der Waals surface area contributed by atoms with Gasteiger partial charge in [-0.25, -0.2) is 0 Å². The molecule has 0 spiro atoms. The van der Waals surface area contributed by atoms with Crippen LogP contribution < -0.4 is 0 Å². The summed E-state index contributed by atoms with van der Waals surface area (Å²) in [4.78, 5) is 11.2. The maximum atomic E-state index is 11.2. The molecule has 0 saturated heterocycles. The molecule has 0 N–H and O–H groups in total. The SMILES string of the molecule is CC.CC[C@H](COCCCc1oc(C=O)cc1-c1cccc(C)c1)OCc1ccccc1. The maximum absolute atomic E-state index is 11.2. The number of benzene rings is 2. The molecule has 1 heterocycles. The maximum Gasteiger partial charge on any atom is 0.185 e. The zero-order valence-electron chi connectivity index (χ0n) is 19.8. The first-order valence-corrected chi connectivity index (χ1v) is 11.6. The Labute approximate surface area is 192 Å². The van der Waals surface area contributed by atoms with Gasteiger partial charge in [0, 0.05) is 18.6 Å². The average Bonchev–Trinajstić information content (AvgIpc) is 3.26. The van der Waals surface area contributed by atoms with Crippen molar-refractivity contribution in [1.29, 1.82) is 0 Å². The standard InChI is InChI=1S/C26H30O4.C2H6/c1-3-23(29-18-21-10-5-4-6-11-21)19-28-14-8-13-26-25(16-24(17-27)30-26)22-12-7-9-20(2)15-22;1-2/h4-7,9-12,15-17,23H,3,8,13-14,18-19H2,1-2H3;1-2H3/t23-;/m1./s1. The lowest BCUT2D eigenvalue weighted by Gasteiger charge is -2.16. The van der Waals surface area contributed by atoms with Crippen LogP contribution >= 0.6 is 0 Å². The van der Waals surface area contributed by atoms with Crippen molar-refractivity contribution < 1.29 is 18.7 Å². The van der Waals surface area contributed by atoms with Gasteiger partial charge in [0.05, 0.1) is 19.3 Å². The fraction of sp³-hybridized carbons (Fsp3) is 0.393. The molecule has 0 aliphatic rings. The normalized spacial score (nSPS) is 11.5. The second kappa shape index (κ2) is 14.4. The molecule has 1 aromatic heterocycles. The van der Waals surface area contributed by atoms with E-state index >= 15 is 0 Å². The lowest BCUT2D eigenvalue weighted by atomic mass is 10.0. The quantitative estimate of drug-likeness (QED) is 0.226. The van der Waals surface area contributed by atoms with E-state index in [0.29, 0.717) is 25.6 Å². The fourth-order valence-electron chi connectivity index (χ4n) is 3.37. The van der Waals surface area contributed by atoms with Gasteiger partial charge in [-0.15, -0.1) is 0 Å². The van der Waals surface area contributed by atoms with Crippen LogP contribution in [0.25, 0.3) is 11.1 Å². The highest BCUT2D eigenvalue weighted by Gasteiger charge is 2.13. The van der Waals surface area contributed by atoms with Crippen molar-refractivity contribution in [2.24, 2.45) is 0 Å². The summed E-state index contributed by atoms with van der Waals surface area (Å²) in [6.07, 6.45) is 3.29. The Kier molecular flexibility index (Phi) is 11.5. The van der Waals surface area contributed by atoms with E-state index in [2.05, 4.69) is 38.1 Å². The van der Waals surface area contributed by atoms with E-state index in [0.717, 1.165) is 42.4 Å². The van der Waals surface area contributed by atoms with Gasteiger partial charge in [-0.05, 0) is 37.0 Å². The summed E-state index contributed by atoms with van der Waals surface area (Å²) in [7, 11) is 0. The summed E-state index contributed by atoms with van der Waals surface area (Å²) in [6.45, 7) is 9.96. The zero-order chi connectivity index (χ0) is 23.2. The van der Waals surface area contributed by atoms with E-state index in [9.17, 15) is 4.79 Å². The minimum absolute atomic E-state index is 0.0818. The highest BCUT2D eigenvalue weighted by molar-refractivity contribution is 5.77. The third-order valence-electron chi connectivity index (χ3n) is 5.05. The minimum atomic E-state index is 0.0818. The van der Waals surface area contributed by atoms with Crippen molar-refractivity contribution in [2.45, 2.75) is 59.7 Å². The molecule has 4 nitrogen and oxygen atoms in total. The Bertz CT molecular complexity index is 914. The molecule has 0 aliphatic carbocycles. The van der Waals surface area contributed by atoms with Gasteiger partial charge in [-0.2, -0.15) is 0 Å². The van der Waals surface area contributed by atoms with Crippen molar-refractivity contribution >= 4 is 6.29 Å². The van der Waals surface area contributed by atoms with Crippen molar-refractivity contribution in [3.63, 3.8) is 0 Å². The molecule has 2 aromatic carbocycles. The molecular formula is C28H36O4. The number of hydrogen-bond donors (Lipinski definition) is 0. The molecule has 172 valence electrons. The molecule has 0 aliphatic heterocycles. The number of hydrogen-bond acceptors (Lipinski definition) is 4. The van der Waals surface area contributed by atoms with Crippen LogP contribution in [0, 0.1) is 6.92 Å². The Morgan fingerprint density at radius 2 is 1.81 bits per heavy atom. The summed E-state index contributed by atoms with van der Waals surface area (Å²) >= 11 is 0. The largest absolute Gasteiger partial charge is 0.458 e. The number of aldehydes is 1. The highest BCUT2D eigenvalue weighted by atomic mass is 16.5. The summed E-state index contributed by atoms with van der Waals surface area (Å²) < 4.78 is 17.6. The molecule has 0 saturated carbocycles. The van der Waals surface area contributed by atoms with E-state index in [1.54, 1.807) is 0 Å². The van der Waals surface area contributed by atoms with E-state index in [1.807, 2.05) is 50.2 Å². The van der Waals surface area contributed by atoms with Gasteiger partial charge in [-0.1, -0.05) is 80.9 Å². The number of furan rings is 1. The molecule has 3 rings (SSSR count). The van der Waals surface area contributed by atoms with E-state index < -0.39 is 0 Å². The lowest BCUT2D eigenvalue weighted by Crippen LogP contribution is -2.19. The number of aryl methyl sites for hydroxylation is 2. The van der Waals surface area contributed by atoms with Crippen LogP contribution in [0.2, 0.25) is 0 Å². The van der Waals surface area contributed by atoms with Gasteiger partial charge in [0.15, 0.2) is 12.0 Å². The molecule has 0 radical (unpaired) electrons. The van der Waals surface area contributed by atoms with Crippen LogP contribution in [0.4, 0.5) is 0 Å². The number of rotatable bonds is 12.